The molecule has 1 amide bonds. The van der Waals surface area contributed by atoms with E-state index in [-0.39, 0.29) is 11.3 Å². The molecule has 0 saturated carbocycles. The predicted octanol–water partition coefficient (Wildman–Crippen LogP) is 4.03. The minimum absolute atomic E-state index is 0.0710. The average Bonchev–Trinajstić information content (AvgIpc) is 2.98. The minimum atomic E-state index is -0.694. The predicted molar refractivity (Wildman–Crippen MR) is 121 cm³/mol. The van der Waals surface area contributed by atoms with Gasteiger partial charge in [-0.15, -0.1) is 0 Å². The molecule has 0 bridgehead atoms. The Morgan fingerprint density at radius 2 is 1.94 bits per heavy atom. The van der Waals surface area contributed by atoms with Gasteiger partial charge in [0.15, 0.2) is 0 Å². The number of aliphatic hydroxyl groups excluding tert-OH is 1. The molecule has 0 aliphatic carbocycles. The van der Waals surface area contributed by atoms with Crippen molar-refractivity contribution in [2.24, 2.45) is 0 Å². The Bertz CT molecular complexity index is 1030. The molecule has 2 aromatic carbocycles. The highest BCUT2D eigenvalue weighted by molar-refractivity contribution is 6.46. The van der Waals surface area contributed by atoms with Crippen LogP contribution in [-0.2, 0) is 9.59 Å². The van der Waals surface area contributed by atoms with Gasteiger partial charge in [0.2, 0.25) is 0 Å². The maximum absolute atomic E-state index is 13.0. The Morgan fingerprint density at radius 3 is 2.55 bits per heavy atom. The van der Waals surface area contributed by atoms with E-state index in [0.29, 0.717) is 29.3 Å². The lowest BCUT2D eigenvalue weighted by Gasteiger charge is -2.26. The fraction of sp³-hybridized carbons (Fsp3) is 0.333. The number of carbonyl (C=O) groups is 2. The zero-order chi connectivity index (χ0) is 22.7. The number of amides is 1. The van der Waals surface area contributed by atoms with Crippen LogP contribution in [-0.4, -0.2) is 60.9 Å². The number of hydrogen-bond acceptors (Lipinski definition) is 5. The molecule has 1 saturated heterocycles. The molecule has 1 heterocycles. The van der Waals surface area contributed by atoms with E-state index in [4.69, 9.17) is 16.3 Å². The third-order valence-electron chi connectivity index (χ3n) is 5.33. The molecule has 1 aliphatic heterocycles. The molecule has 6 nitrogen and oxygen atoms in total. The summed E-state index contributed by atoms with van der Waals surface area (Å²) in [4.78, 5) is 29.5. The second kappa shape index (κ2) is 9.54. The highest BCUT2D eigenvalue weighted by Crippen LogP contribution is 2.40. The van der Waals surface area contributed by atoms with E-state index in [9.17, 15) is 14.7 Å². The van der Waals surface area contributed by atoms with Crippen molar-refractivity contribution < 1.29 is 19.4 Å². The quantitative estimate of drug-likeness (QED) is 0.398. The van der Waals surface area contributed by atoms with Gasteiger partial charge in [0, 0.05) is 12.1 Å². The zero-order valence-corrected chi connectivity index (χ0v) is 18.9. The van der Waals surface area contributed by atoms with Crippen molar-refractivity contribution in [1.29, 1.82) is 0 Å². The summed E-state index contributed by atoms with van der Waals surface area (Å²) in [5, 5.41) is 11.4. The second-order valence-corrected chi connectivity index (χ2v) is 8.32. The molecule has 1 unspecified atom stereocenters. The van der Waals surface area contributed by atoms with Crippen LogP contribution in [0.5, 0.6) is 5.75 Å². The van der Waals surface area contributed by atoms with Gasteiger partial charge in [0.25, 0.3) is 11.7 Å². The van der Waals surface area contributed by atoms with Gasteiger partial charge < -0.3 is 19.6 Å². The van der Waals surface area contributed by atoms with Crippen molar-refractivity contribution in [3.63, 3.8) is 0 Å². The van der Waals surface area contributed by atoms with E-state index >= 15 is 0 Å². The Morgan fingerprint density at radius 1 is 1.19 bits per heavy atom. The zero-order valence-electron chi connectivity index (χ0n) is 18.2. The van der Waals surface area contributed by atoms with Crippen molar-refractivity contribution in [2.45, 2.75) is 19.4 Å². The molecule has 0 radical (unpaired) electrons. The molecule has 164 valence electrons. The van der Waals surface area contributed by atoms with E-state index in [2.05, 4.69) is 0 Å². The average molecular weight is 443 g/mol. The molecule has 0 spiro atoms. The van der Waals surface area contributed by atoms with Crippen LogP contribution in [0.4, 0.5) is 0 Å². The largest absolute Gasteiger partial charge is 0.507 e. The molecule has 0 aromatic heterocycles. The summed E-state index contributed by atoms with van der Waals surface area (Å²) in [6, 6.07) is 11.7. The van der Waals surface area contributed by atoms with Crippen LogP contribution in [0.25, 0.3) is 5.76 Å². The van der Waals surface area contributed by atoms with Crippen LogP contribution in [0.3, 0.4) is 0 Å². The number of aryl methyl sites for hydroxylation is 1. The lowest BCUT2D eigenvalue weighted by Crippen LogP contribution is -2.32. The van der Waals surface area contributed by atoms with Crippen molar-refractivity contribution in [1.82, 2.24) is 9.80 Å². The van der Waals surface area contributed by atoms with Crippen LogP contribution in [0.15, 0.2) is 48.0 Å². The first-order chi connectivity index (χ1) is 14.7. The van der Waals surface area contributed by atoms with Crippen molar-refractivity contribution in [3.05, 3.63) is 69.8 Å². The van der Waals surface area contributed by atoms with Gasteiger partial charge in [-0.2, -0.15) is 0 Å². The highest BCUT2D eigenvalue weighted by Gasteiger charge is 2.45. The summed E-state index contributed by atoms with van der Waals surface area (Å²) in [5.41, 5.74) is 2.21. The molecular formula is C24H27ClN2O4. The van der Waals surface area contributed by atoms with Gasteiger partial charge in [-0.3, -0.25) is 9.59 Å². The van der Waals surface area contributed by atoms with E-state index in [1.165, 1.54) is 13.2 Å². The van der Waals surface area contributed by atoms with Gasteiger partial charge in [-0.25, -0.2) is 0 Å². The number of aliphatic hydroxyl groups is 1. The Hall–Kier alpha value is -2.83. The maximum atomic E-state index is 13.0. The summed E-state index contributed by atoms with van der Waals surface area (Å²) in [6.45, 7) is 3.13. The van der Waals surface area contributed by atoms with Gasteiger partial charge >= 0.3 is 0 Å². The van der Waals surface area contributed by atoms with E-state index in [1.807, 2.05) is 50.2 Å². The van der Waals surface area contributed by atoms with E-state index < -0.39 is 17.7 Å². The fourth-order valence-electron chi connectivity index (χ4n) is 3.82. The minimum Gasteiger partial charge on any atom is -0.507 e. The first-order valence-corrected chi connectivity index (χ1v) is 10.5. The first-order valence-electron chi connectivity index (χ1n) is 10.1. The SMILES string of the molecule is COc1ccc(/C(O)=C2/C(=O)C(=O)N(CCCN(C)C)C2c2cccc(C)c2)cc1Cl. The normalized spacial score (nSPS) is 18.1. The Kier molecular flexibility index (Phi) is 7.03. The van der Waals surface area contributed by atoms with Gasteiger partial charge in [0.05, 0.1) is 23.7 Å². The summed E-state index contributed by atoms with van der Waals surface area (Å²) in [5.74, 6) is -1.09. The standard InChI is InChI=1S/C24H27ClN2O4/c1-15-7-5-8-16(13-15)21-20(22(28)17-9-10-19(31-4)18(25)14-17)23(29)24(30)27(21)12-6-11-26(2)3/h5,7-10,13-14,21,28H,6,11-12H2,1-4H3/b22-20-. The number of ether oxygens (including phenoxy) is 1. The molecule has 3 rings (SSSR count). The third kappa shape index (κ3) is 4.75. The molecule has 7 heteroatoms. The summed E-state index contributed by atoms with van der Waals surface area (Å²) in [6.07, 6.45) is 0.705. The van der Waals surface area contributed by atoms with Crippen molar-refractivity contribution in [3.8, 4) is 5.75 Å². The first kappa shape index (κ1) is 22.8. The number of ketones is 1. The number of nitrogens with zero attached hydrogens (tertiary/aromatic N) is 2. The third-order valence-corrected chi connectivity index (χ3v) is 5.62. The summed E-state index contributed by atoms with van der Waals surface area (Å²) < 4.78 is 5.16. The molecule has 31 heavy (non-hydrogen) atoms. The molecule has 1 N–H and O–H groups in total. The molecule has 2 aromatic rings. The number of halogens is 1. The number of hydrogen-bond donors (Lipinski definition) is 1. The van der Waals surface area contributed by atoms with E-state index in [1.54, 1.807) is 17.0 Å². The number of likely N-dealkylation sites (tertiary alicyclic amines) is 1. The molecule has 1 fully saturated rings. The fourth-order valence-corrected chi connectivity index (χ4v) is 4.08. The van der Waals surface area contributed by atoms with Gasteiger partial charge in [-0.1, -0.05) is 41.4 Å². The highest BCUT2D eigenvalue weighted by atomic mass is 35.5. The number of Topliss-reactive ketones (excluding diaryl/α,β-unsaturated/α-hetero) is 1. The second-order valence-electron chi connectivity index (χ2n) is 7.91. The van der Waals surface area contributed by atoms with Crippen molar-refractivity contribution in [2.75, 3.05) is 34.3 Å². The number of methoxy groups -OCH3 is 1. The van der Waals surface area contributed by atoms with Crippen LogP contribution >= 0.6 is 11.6 Å². The monoisotopic (exact) mass is 442 g/mol. The summed E-state index contributed by atoms with van der Waals surface area (Å²) in [7, 11) is 5.41. The van der Waals surface area contributed by atoms with Gasteiger partial charge in [-0.05, 0) is 57.7 Å². The topological polar surface area (TPSA) is 70.1 Å². The van der Waals surface area contributed by atoms with Crippen LogP contribution in [0.1, 0.15) is 29.2 Å². The molecule has 1 aliphatic rings. The number of carbonyl (C=O) groups excluding carboxylic acids is 2. The number of rotatable bonds is 7. The van der Waals surface area contributed by atoms with Crippen molar-refractivity contribution >= 4 is 29.1 Å². The van der Waals surface area contributed by atoms with Crippen LogP contribution in [0.2, 0.25) is 5.02 Å². The lowest BCUT2D eigenvalue weighted by atomic mass is 9.94. The lowest BCUT2D eigenvalue weighted by molar-refractivity contribution is -0.139. The molecule has 1 atom stereocenters. The number of benzene rings is 2. The van der Waals surface area contributed by atoms with Gasteiger partial charge in [0.1, 0.15) is 11.5 Å². The van der Waals surface area contributed by atoms with Crippen LogP contribution < -0.4 is 4.74 Å². The van der Waals surface area contributed by atoms with E-state index in [0.717, 1.165) is 17.7 Å². The Balaban J connectivity index is 2.11. The summed E-state index contributed by atoms with van der Waals surface area (Å²) >= 11 is 6.22. The van der Waals surface area contributed by atoms with Crippen LogP contribution in [0, 0.1) is 6.92 Å². The Labute approximate surface area is 187 Å². The maximum Gasteiger partial charge on any atom is 0.295 e. The smallest absolute Gasteiger partial charge is 0.295 e. The molecular weight excluding hydrogens is 416 g/mol.